The highest BCUT2D eigenvalue weighted by Crippen LogP contribution is 2.33. The van der Waals surface area contributed by atoms with Crippen molar-refractivity contribution >= 4 is 21.0 Å². The number of ether oxygens (including phenoxy) is 1. The van der Waals surface area contributed by atoms with Gasteiger partial charge in [-0.3, -0.25) is 0 Å². The number of furan rings is 1. The van der Waals surface area contributed by atoms with Crippen molar-refractivity contribution in [3.05, 3.63) is 29.5 Å². The summed E-state index contributed by atoms with van der Waals surface area (Å²) in [4.78, 5) is 0. The Labute approximate surface area is 111 Å². The molecule has 1 aliphatic heterocycles. The van der Waals surface area contributed by atoms with Crippen molar-refractivity contribution in [3.63, 3.8) is 0 Å². The Morgan fingerprint density at radius 3 is 2.84 bits per heavy atom. The molecule has 19 heavy (non-hydrogen) atoms. The van der Waals surface area contributed by atoms with Gasteiger partial charge in [-0.15, -0.1) is 0 Å². The fraction of sp³-hybridized carbons (Fsp3) is 0.385. The Balaban J connectivity index is 2.07. The third-order valence-electron chi connectivity index (χ3n) is 3.48. The lowest BCUT2D eigenvalue weighted by Crippen LogP contribution is -2.34. The molecule has 3 rings (SSSR count). The maximum atomic E-state index is 11.6. The van der Waals surface area contributed by atoms with Gasteiger partial charge in [0.2, 0.25) is 10.0 Å². The van der Waals surface area contributed by atoms with Crippen molar-refractivity contribution < 1.29 is 17.6 Å². The van der Waals surface area contributed by atoms with Crippen LogP contribution in [0.4, 0.5) is 0 Å². The molecule has 0 bridgehead atoms. The highest BCUT2D eigenvalue weighted by atomic mass is 32.2. The molecule has 102 valence electrons. The summed E-state index contributed by atoms with van der Waals surface area (Å²) in [5.41, 5.74) is 1.86. The third kappa shape index (κ3) is 2.11. The first-order chi connectivity index (χ1) is 8.99. The molecule has 0 unspecified atom stereocenters. The molecule has 0 spiro atoms. The molecule has 0 amide bonds. The van der Waals surface area contributed by atoms with Crippen LogP contribution < -0.4 is 4.74 Å². The monoisotopic (exact) mass is 281 g/mol. The van der Waals surface area contributed by atoms with Gasteiger partial charge in [-0.05, 0) is 18.6 Å². The Morgan fingerprint density at radius 2 is 2.16 bits per heavy atom. The minimum absolute atomic E-state index is 0.311. The minimum Gasteiger partial charge on any atom is -0.497 e. The zero-order chi connectivity index (χ0) is 13.6. The maximum Gasteiger partial charge on any atom is 0.211 e. The number of rotatable bonds is 2. The number of nitrogens with zero attached hydrogens (tertiary/aromatic N) is 1. The molecule has 2 heterocycles. The number of sulfonamides is 1. The van der Waals surface area contributed by atoms with E-state index in [4.69, 9.17) is 9.15 Å². The van der Waals surface area contributed by atoms with Gasteiger partial charge in [0.25, 0.3) is 0 Å². The molecule has 1 aliphatic rings. The molecule has 0 atom stereocenters. The second kappa shape index (κ2) is 4.25. The molecule has 0 saturated carbocycles. The van der Waals surface area contributed by atoms with Crippen LogP contribution in [0.25, 0.3) is 11.0 Å². The highest BCUT2D eigenvalue weighted by molar-refractivity contribution is 7.88. The van der Waals surface area contributed by atoms with Crippen LogP contribution in [0.1, 0.15) is 11.3 Å². The lowest BCUT2D eigenvalue weighted by atomic mass is 10.0. The summed E-state index contributed by atoms with van der Waals surface area (Å²) in [5, 5.41) is 1.05. The molecule has 0 aliphatic carbocycles. The van der Waals surface area contributed by atoms with E-state index in [-0.39, 0.29) is 0 Å². The number of hydrogen-bond donors (Lipinski definition) is 0. The van der Waals surface area contributed by atoms with Crippen LogP contribution in [0.3, 0.4) is 0 Å². The van der Waals surface area contributed by atoms with E-state index in [1.165, 1.54) is 10.6 Å². The number of fused-ring (bicyclic) bond motifs is 3. The van der Waals surface area contributed by atoms with Crippen molar-refractivity contribution in [2.24, 2.45) is 0 Å². The lowest BCUT2D eigenvalue weighted by Gasteiger charge is -2.23. The maximum absolute atomic E-state index is 11.6. The van der Waals surface area contributed by atoms with E-state index in [9.17, 15) is 8.42 Å². The molecular weight excluding hydrogens is 266 g/mol. The SMILES string of the molecule is COc1ccc2c3c(oc2c1)CN(S(C)(=O)=O)CC3. The van der Waals surface area contributed by atoms with E-state index >= 15 is 0 Å². The summed E-state index contributed by atoms with van der Waals surface area (Å²) in [6.45, 7) is 0.817. The van der Waals surface area contributed by atoms with Gasteiger partial charge in [0.15, 0.2) is 0 Å². The summed E-state index contributed by atoms with van der Waals surface area (Å²) in [7, 11) is -1.56. The summed E-state index contributed by atoms with van der Waals surface area (Å²) in [5.74, 6) is 1.47. The molecule has 0 N–H and O–H groups in total. The Kier molecular flexibility index (Phi) is 2.79. The van der Waals surface area contributed by atoms with Gasteiger partial charge in [-0.2, -0.15) is 4.31 Å². The largest absolute Gasteiger partial charge is 0.497 e. The summed E-state index contributed by atoms with van der Waals surface area (Å²) >= 11 is 0. The third-order valence-corrected chi connectivity index (χ3v) is 4.73. The van der Waals surface area contributed by atoms with Crippen molar-refractivity contribution in [1.82, 2.24) is 4.31 Å². The molecule has 2 aromatic rings. The van der Waals surface area contributed by atoms with Crippen LogP contribution >= 0.6 is 0 Å². The Hall–Kier alpha value is -1.53. The van der Waals surface area contributed by atoms with E-state index in [2.05, 4.69) is 0 Å². The van der Waals surface area contributed by atoms with E-state index in [1.807, 2.05) is 18.2 Å². The van der Waals surface area contributed by atoms with Crippen LogP contribution in [-0.2, 0) is 23.0 Å². The van der Waals surface area contributed by atoms with Crippen molar-refractivity contribution in [2.45, 2.75) is 13.0 Å². The molecule has 0 fully saturated rings. The summed E-state index contributed by atoms with van der Waals surface area (Å²) < 4.78 is 35.5. The van der Waals surface area contributed by atoms with Gasteiger partial charge in [-0.25, -0.2) is 8.42 Å². The molecule has 0 saturated heterocycles. The normalized spacial score (nSPS) is 16.5. The van der Waals surface area contributed by atoms with Gasteiger partial charge in [0.1, 0.15) is 17.1 Å². The molecule has 1 aromatic heterocycles. The molecule has 0 radical (unpaired) electrons. The molecule has 5 nitrogen and oxygen atoms in total. The Morgan fingerprint density at radius 1 is 1.37 bits per heavy atom. The fourth-order valence-corrected chi connectivity index (χ4v) is 3.24. The zero-order valence-corrected chi connectivity index (χ0v) is 11.7. The van der Waals surface area contributed by atoms with Crippen LogP contribution in [0.2, 0.25) is 0 Å². The predicted octanol–water partition coefficient (Wildman–Crippen LogP) is 1.76. The molecule has 6 heteroatoms. The van der Waals surface area contributed by atoms with E-state index in [0.717, 1.165) is 28.0 Å². The highest BCUT2D eigenvalue weighted by Gasteiger charge is 2.27. The number of methoxy groups -OCH3 is 1. The number of hydrogen-bond acceptors (Lipinski definition) is 4. The quantitative estimate of drug-likeness (QED) is 0.841. The predicted molar refractivity (Wildman–Crippen MR) is 71.7 cm³/mol. The van der Waals surface area contributed by atoms with Gasteiger partial charge in [0, 0.05) is 23.6 Å². The first-order valence-corrected chi connectivity index (χ1v) is 7.87. The van der Waals surface area contributed by atoms with Gasteiger partial charge in [-0.1, -0.05) is 0 Å². The van der Waals surface area contributed by atoms with Crippen molar-refractivity contribution in [1.29, 1.82) is 0 Å². The fourth-order valence-electron chi connectivity index (χ4n) is 2.47. The van der Waals surface area contributed by atoms with Crippen LogP contribution in [-0.4, -0.2) is 32.6 Å². The first kappa shape index (κ1) is 12.5. The first-order valence-electron chi connectivity index (χ1n) is 6.02. The number of benzene rings is 1. The molecular formula is C13H15NO4S. The lowest BCUT2D eigenvalue weighted by molar-refractivity contribution is 0.352. The van der Waals surface area contributed by atoms with E-state index < -0.39 is 10.0 Å². The van der Waals surface area contributed by atoms with Crippen molar-refractivity contribution in [2.75, 3.05) is 19.9 Å². The van der Waals surface area contributed by atoms with Gasteiger partial charge < -0.3 is 9.15 Å². The average molecular weight is 281 g/mol. The van der Waals surface area contributed by atoms with Crippen LogP contribution in [0, 0.1) is 0 Å². The Bertz CT molecular complexity index is 732. The summed E-state index contributed by atoms with van der Waals surface area (Å²) in [6, 6.07) is 5.69. The van der Waals surface area contributed by atoms with Crippen LogP contribution in [0.5, 0.6) is 5.75 Å². The van der Waals surface area contributed by atoms with E-state index in [1.54, 1.807) is 7.11 Å². The second-order valence-corrected chi connectivity index (χ2v) is 6.69. The standard InChI is InChI=1S/C13H15NO4S/c1-17-9-3-4-10-11-5-6-14(19(2,15)16)8-13(11)18-12(10)7-9/h3-4,7H,5-6,8H2,1-2H3. The van der Waals surface area contributed by atoms with Crippen LogP contribution in [0.15, 0.2) is 22.6 Å². The topological polar surface area (TPSA) is 59.8 Å². The van der Waals surface area contributed by atoms with Crippen molar-refractivity contribution in [3.8, 4) is 5.75 Å². The molecule has 1 aromatic carbocycles. The minimum atomic E-state index is -3.17. The van der Waals surface area contributed by atoms with Gasteiger partial charge >= 0.3 is 0 Å². The zero-order valence-electron chi connectivity index (χ0n) is 10.8. The van der Waals surface area contributed by atoms with Gasteiger partial charge in [0.05, 0.1) is 19.9 Å². The average Bonchev–Trinajstić information content (AvgIpc) is 2.73. The van der Waals surface area contributed by atoms with E-state index in [0.29, 0.717) is 19.5 Å². The smallest absolute Gasteiger partial charge is 0.211 e. The second-order valence-electron chi connectivity index (χ2n) is 4.71. The summed E-state index contributed by atoms with van der Waals surface area (Å²) in [6.07, 6.45) is 1.91.